The van der Waals surface area contributed by atoms with Crippen LogP contribution in [0.15, 0.2) is 12.2 Å². The van der Waals surface area contributed by atoms with Crippen LogP contribution in [0.25, 0.3) is 0 Å². The standard InChI is InChI=1S/C11H24N2/c1-6-8-12-11(10(2)3)7-9-13(4)5/h11-12H,2,6-9H2,1,3-5H3. The largest absolute Gasteiger partial charge is 0.310 e. The van der Waals surface area contributed by atoms with Crippen molar-refractivity contribution in [3.05, 3.63) is 12.2 Å². The minimum atomic E-state index is 0.488. The van der Waals surface area contributed by atoms with Crippen molar-refractivity contribution in [2.45, 2.75) is 32.7 Å². The fourth-order valence-electron chi connectivity index (χ4n) is 1.23. The lowest BCUT2D eigenvalue weighted by Gasteiger charge is -2.20. The lowest BCUT2D eigenvalue weighted by atomic mass is 10.1. The first-order valence-electron chi connectivity index (χ1n) is 5.11. The van der Waals surface area contributed by atoms with Gasteiger partial charge >= 0.3 is 0 Å². The lowest BCUT2D eigenvalue weighted by molar-refractivity contribution is 0.372. The van der Waals surface area contributed by atoms with Crippen LogP contribution in [0.3, 0.4) is 0 Å². The highest BCUT2D eigenvalue weighted by Crippen LogP contribution is 2.03. The smallest absolute Gasteiger partial charge is 0.0286 e. The van der Waals surface area contributed by atoms with E-state index in [1.807, 2.05) is 0 Å². The maximum Gasteiger partial charge on any atom is 0.0286 e. The highest BCUT2D eigenvalue weighted by atomic mass is 15.1. The summed E-state index contributed by atoms with van der Waals surface area (Å²) in [7, 11) is 4.21. The summed E-state index contributed by atoms with van der Waals surface area (Å²) in [5.41, 5.74) is 1.25. The molecule has 1 atom stereocenters. The van der Waals surface area contributed by atoms with Crippen LogP contribution in [0, 0.1) is 0 Å². The summed E-state index contributed by atoms with van der Waals surface area (Å²) in [5, 5.41) is 3.50. The van der Waals surface area contributed by atoms with E-state index >= 15 is 0 Å². The fraction of sp³-hybridized carbons (Fsp3) is 0.818. The monoisotopic (exact) mass is 184 g/mol. The van der Waals surface area contributed by atoms with Gasteiger partial charge in [-0.2, -0.15) is 0 Å². The van der Waals surface area contributed by atoms with Crippen molar-refractivity contribution in [1.29, 1.82) is 0 Å². The molecule has 0 bridgehead atoms. The van der Waals surface area contributed by atoms with Gasteiger partial charge in [0.2, 0.25) is 0 Å². The van der Waals surface area contributed by atoms with E-state index < -0.39 is 0 Å². The lowest BCUT2D eigenvalue weighted by Crippen LogP contribution is -2.33. The fourth-order valence-corrected chi connectivity index (χ4v) is 1.23. The van der Waals surface area contributed by atoms with Crippen molar-refractivity contribution in [1.82, 2.24) is 10.2 Å². The molecule has 0 radical (unpaired) electrons. The van der Waals surface area contributed by atoms with Gasteiger partial charge in [0.25, 0.3) is 0 Å². The number of nitrogens with one attached hydrogen (secondary N) is 1. The van der Waals surface area contributed by atoms with Gasteiger partial charge in [-0.25, -0.2) is 0 Å². The maximum absolute atomic E-state index is 4.01. The average molecular weight is 184 g/mol. The highest BCUT2D eigenvalue weighted by Gasteiger charge is 2.07. The molecule has 78 valence electrons. The van der Waals surface area contributed by atoms with Crippen LogP contribution >= 0.6 is 0 Å². The predicted molar refractivity (Wildman–Crippen MR) is 60.1 cm³/mol. The SMILES string of the molecule is C=C(C)C(CCN(C)C)NCCC. The summed E-state index contributed by atoms with van der Waals surface area (Å²) >= 11 is 0. The Balaban J connectivity index is 3.74. The molecule has 0 fully saturated rings. The Morgan fingerprint density at radius 2 is 2.08 bits per heavy atom. The van der Waals surface area contributed by atoms with Gasteiger partial charge in [0.15, 0.2) is 0 Å². The van der Waals surface area contributed by atoms with Gasteiger partial charge in [0.05, 0.1) is 0 Å². The van der Waals surface area contributed by atoms with E-state index in [0.717, 1.165) is 19.5 Å². The molecule has 0 aromatic heterocycles. The Morgan fingerprint density at radius 1 is 1.46 bits per heavy atom. The Labute approximate surface area is 83.0 Å². The van der Waals surface area contributed by atoms with Gasteiger partial charge in [-0.1, -0.05) is 19.1 Å². The first-order chi connectivity index (χ1) is 6.07. The molecule has 0 heterocycles. The molecule has 0 amide bonds. The Hall–Kier alpha value is -0.340. The van der Waals surface area contributed by atoms with Gasteiger partial charge in [0.1, 0.15) is 0 Å². The highest BCUT2D eigenvalue weighted by molar-refractivity contribution is 5.01. The zero-order valence-corrected chi connectivity index (χ0v) is 9.56. The molecule has 0 saturated carbocycles. The summed E-state index contributed by atoms with van der Waals surface area (Å²) in [6, 6.07) is 0.488. The van der Waals surface area contributed by atoms with Gasteiger partial charge in [-0.3, -0.25) is 0 Å². The summed E-state index contributed by atoms with van der Waals surface area (Å²) in [5.74, 6) is 0. The molecule has 0 aromatic rings. The summed E-state index contributed by atoms with van der Waals surface area (Å²) in [6.45, 7) is 10.5. The Morgan fingerprint density at radius 3 is 2.46 bits per heavy atom. The molecule has 0 rings (SSSR count). The molecule has 2 heteroatoms. The molecule has 0 spiro atoms. The van der Waals surface area contributed by atoms with Crippen LogP contribution < -0.4 is 5.32 Å². The Kier molecular flexibility index (Phi) is 6.92. The molecule has 1 unspecified atom stereocenters. The van der Waals surface area contributed by atoms with E-state index in [2.05, 4.69) is 44.7 Å². The van der Waals surface area contributed by atoms with E-state index in [9.17, 15) is 0 Å². The number of rotatable bonds is 7. The number of hydrogen-bond donors (Lipinski definition) is 1. The molecular weight excluding hydrogens is 160 g/mol. The third-order valence-electron chi connectivity index (χ3n) is 2.10. The predicted octanol–water partition coefficient (Wildman–Crippen LogP) is 1.88. The van der Waals surface area contributed by atoms with Crippen molar-refractivity contribution in [2.24, 2.45) is 0 Å². The first-order valence-corrected chi connectivity index (χ1v) is 5.11. The minimum absolute atomic E-state index is 0.488. The Bertz CT molecular complexity index is 141. The van der Waals surface area contributed by atoms with Crippen LogP contribution in [0.2, 0.25) is 0 Å². The third-order valence-corrected chi connectivity index (χ3v) is 2.10. The normalized spacial score (nSPS) is 13.3. The summed E-state index contributed by atoms with van der Waals surface area (Å²) in [4.78, 5) is 2.21. The minimum Gasteiger partial charge on any atom is -0.310 e. The molecule has 0 aliphatic carbocycles. The molecule has 13 heavy (non-hydrogen) atoms. The van der Waals surface area contributed by atoms with Crippen molar-refractivity contribution < 1.29 is 0 Å². The quantitative estimate of drug-likeness (QED) is 0.608. The van der Waals surface area contributed by atoms with Gasteiger partial charge in [0, 0.05) is 6.04 Å². The maximum atomic E-state index is 4.01. The van der Waals surface area contributed by atoms with E-state index in [1.165, 1.54) is 12.0 Å². The van der Waals surface area contributed by atoms with Gasteiger partial charge in [-0.05, 0) is 47.0 Å². The van der Waals surface area contributed by atoms with Crippen molar-refractivity contribution in [3.63, 3.8) is 0 Å². The topological polar surface area (TPSA) is 15.3 Å². The van der Waals surface area contributed by atoms with Crippen molar-refractivity contribution in [2.75, 3.05) is 27.2 Å². The summed E-state index contributed by atoms with van der Waals surface area (Å²) in [6.07, 6.45) is 2.34. The molecule has 0 aliphatic rings. The average Bonchev–Trinajstić information content (AvgIpc) is 2.03. The van der Waals surface area contributed by atoms with Crippen LogP contribution in [-0.2, 0) is 0 Å². The first kappa shape index (κ1) is 12.7. The van der Waals surface area contributed by atoms with Gasteiger partial charge in [-0.15, -0.1) is 0 Å². The number of nitrogens with zero attached hydrogens (tertiary/aromatic N) is 1. The molecule has 1 N–H and O–H groups in total. The second-order valence-corrected chi connectivity index (χ2v) is 3.95. The molecule has 0 saturated heterocycles. The van der Waals surface area contributed by atoms with E-state index in [-0.39, 0.29) is 0 Å². The van der Waals surface area contributed by atoms with Crippen molar-refractivity contribution in [3.8, 4) is 0 Å². The third kappa shape index (κ3) is 6.79. The van der Waals surface area contributed by atoms with E-state index in [1.54, 1.807) is 0 Å². The number of hydrogen-bond acceptors (Lipinski definition) is 2. The van der Waals surface area contributed by atoms with Crippen LogP contribution in [0.4, 0.5) is 0 Å². The van der Waals surface area contributed by atoms with E-state index in [4.69, 9.17) is 0 Å². The zero-order chi connectivity index (χ0) is 10.3. The van der Waals surface area contributed by atoms with Crippen LogP contribution in [0.5, 0.6) is 0 Å². The molecule has 0 aromatic carbocycles. The second-order valence-electron chi connectivity index (χ2n) is 3.95. The summed E-state index contributed by atoms with van der Waals surface area (Å²) < 4.78 is 0. The van der Waals surface area contributed by atoms with E-state index in [0.29, 0.717) is 6.04 Å². The second kappa shape index (κ2) is 7.10. The van der Waals surface area contributed by atoms with Crippen molar-refractivity contribution >= 4 is 0 Å². The molecular formula is C11H24N2. The molecule has 2 nitrogen and oxygen atoms in total. The van der Waals surface area contributed by atoms with Crippen LogP contribution in [-0.4, -0.2) is 38.1 Å². The molecule has 0 aliphatic heterocycles. The van der Waals surface area contributed by atoms with Gasteiger partial charge < -0.3 is 10.2 Å². The zero-order valence-electron chi connectivity index (χ0n) is 9.56. The van der Waals surface area contributed by atoms with Crippen LogP contribution in [0.1, 0.15) is 26.7 Å².